The molecule has 0 bridgehead atoms. The Bertz CT molecular complexity index is 668. The van der Waals surface area contributed by atoms with Gasteiger partial charge in [0.15, 0.2) is 0 Å². The fourth-order valence-corrected chi connectivity index (χ4v) is 2.52. The molecule has 1 aliphatic rings. The van der Waals surface area contributed by atoms with Crippen molar-refractivity contribution in [3.8, 4) is 11.1 Å². The summed E-state index contributed by atoms with van der Waals surface area (Å²) in [4.78, 5) is 25.4. The van der Waals surface area contributed by atoms with E-state index in [1.807, 2.05) is 54.6 Å². The van der Waals surface area contributed by atoms with E-state index >= 15 is 0 Å². The van der Waals surface area contributed by atoms with Crippen LogP contribution in [0.3, 0.4) is 0 Å². The molecule has 0 aliphatic carbocycles. The van der Waals surface area contributed by atoms with Gasteiger partial charge in [-0.15, -0.1) is 0 Å². The zero-order valence-corrected chi connectivity index (χ0v) is 11.6. The average molecular weight is 280 g/mol. The standard InChI is InChI=1S/C17H16N2O2/c20-16-10-11-19(17(21)12-18-16)15-9-5-4-8-14(15)13-6-2-1-3-7-13/h1-9H,10-12H2,(H,18,20). The highest BCUT2D eigenvalue weighted by atomic mass is 16.2. The second kappa shape index (κ2) is 5.79. The van der Waals surface area contributed by atoms with E-state index in [0.717, 1.165) is 16.8 Å². The normalized spacial score (nSPS) is 15.5. The van der Waals surface area contributed by atoms with Crippen molar-refractivity contribution >= 4 is 17.5 Å². The third-order valence-electron chi connectivity index (χ3n) is 3.58. The van der Waals surface area contributed by atoms with Crippen molar-refractivity contribution in [2.24, 2.45) is 0 Å². The first-order valence-electron chi connectivity index (χ1n) is 6.97. The summed E-state index contributed by atoms with van der Waals surface area (Å²) < 4.78 is 0. The quantitative estimate of drug-likeness (QED) is 0.917. The highest BCUT2D eigenvalue weighted by Gasteiger charge is 2.23. The van der Waals surface area contributed by atoms with E-state index in [2.05, 4.69) is 5.32 Å². The minimum atomic E-state index is -0.0805. The molecule has 0 aromatic heterocycles. The van der Waals surface area contributed by atoms with E-state index in [0.29, 0.717) is 13.0 Å². The largest absolute Gasteiger partial charge is 0.347 e. The number of nitrogens with one attached hydrogen (secondary N) is 1. The van der Waals surface area contributed by atoms with Gasteiger partial charge in [-0.2, -0.15) is 0 Å². The molecule has 0 saturated carbocycles. The molecule has 4 nitrogen and oxygen atoms in total. The Balaban J connectivity index is 2.02. The van der Waals surface area contributed by atoms with Crippen LogP contribution >= 0.6 is 0 Å². The summed E-state index contributed by atoms with van der Waals surface area (Å²) in [5.74, 6) is -0.160. The number of para-hydroxylation sites is 1. The molecule has 0 unspecified atom stereocenters. The SMILES string of the molecule is O=C1CCN(c2ccccc2-c2ccccc2)C(=O)CN1. The van der Waals surface area contributed by atoms with E-state index < -0.39 is 0 Å². The van der Waals surface area contributed by atoms with Crippen LogP contribution in [-0.2, 0) is 9.59 Å². The lowest BCUT2D eigenvalue weighted by Gasteiger charge is -2.23. The number of hydrogen-bond acceptors (Lipinski definition) is 2. The van der Waals surface area contributed by atoms with Gasteiger partial charge in [0.05, 0.1) is 12.2 Å². The lowest BCUT2D eigenvalue weighted by molar-refractivity contribution is -0.123. The Labute approximate surface area is 123 Å². The summed E-state index contributed by atoms with van der Waals surface area (Å²) in [7, 11) is 0. The van der Waals surface area contributed by atoms with Gasteiger partial charge < -0.3 is 10.2 Å². The highest BCUT2D eigenvalue weighted by Crippen LogP contribution is 2.31. The van der Waals surface area contributed by atoms with E-state index in [1.54, 1.807) is 4.90 Å². The molecule has 1 aliphatic heterocycles. The average Bonchev–Trinajstić information content (AvgIpc) is 2.70. The van der Waals surface area contributed by atoms with E-state index in [1.165, 1.54) is 0 Å². The van der Waals surface area contributed by atoms with Crippen LogP contribution in [0.4, 0.5) is 5.69 Å². The summed E-state index contributed by atoms with van der Waals surface area (Å²) in [6, 6.07) is 17.7. The summed E-state index contributed by atoms with van der Waals surface area (Å²) in [5.41, 5.74) is 2.91. The number of rotatable bonds is 2. The number of carbonyl (C=O) groups is 2. The molecular weight excluding hydrogens is 264 g/mol. The second-order valence-electron chi connectivity index (χ2n) is 4.96. The summed E-state index contributed by atoms with van der Waals surface area (Å²) in [6.45, 7) is 0.469. The Kier molecular flexibility index (Phi) is 3.69. The number of carbonyl (C=O) groups excluding carboxylic acids is 2. The van der Waals surface area contributed by atoms with Crippen LogP contribution in [0.15, 0.2) is 54.6 Å². The van der Waals surface area contributed by atoms with Crippen molar-refractivity contribution in [3.05, 3.63) is 54.6 Å². The first kappa shape index (κ1) is 13.4. The molecule has 0 radical (unpaired) electrons. The van der Waals surface area contributed by atoms with Gasteiger partial charge in [0, 0.05) is 18.5 Å². The molecule has 0 atom stereocenters. The smallest absolute Gasteiger partial charge is 0.246 e. The van der Waals surface area contributed by atoms with Crippen molar-refractivity contribution in [1.29, 1.82) is 0 Å². The molecule has 1 saturated heterocycles. The van der Waals surface area contributed by atoms with Crippen molar-refractivity contribution in [3.63, 3.8) is 0 Å². The molecule has 3 rings (SSSR count). The minimum absolute atomic E-state index is 0.0575. The van der Waals surface area contributed by atoms with Gasteiger partial charge in [0.1, 0.15) is 0 Å². The third-order valence-corrected chi connectivity index (χ3v) is 3.58. The van der Waals surface area contributed by atoms with Gasteiger partial charge in [-0.05, 0) is 11.6 Å². The minimum Gasteiger partial charge on any atom is -0.347 e. The maximum Gasteiger partial charge on any atom is 0.246 e. The van der Waals surface area contributed by atoms with Gasteiger partial charge >= 0.3 is 0 Å². The molecule has 21 heavy (non-hydrogen) atoms. The maximum atomic E-state index is 12.3. The number of nitrogens with zero attached hydrogens (tertiary/aromatic N) is 1. The van der Waals surface area contributed by atoms with Crippen molar-refractivity contribution in [2.45, 2.75) is 6.42 Å². The number of amides is 2. The van der Waals surface area contributed by atoms with Crippen molar-refractivity contribution in [1.82, 2.24) is 5.32 Å². The summed E-state index contributed by atoms with van der Waals surface area (Å²) >= 11 is 0. The number of anilines is 1. The van der Waals surface area contributed by atoms with E-state index in [4.69, 9.17) is 0 Å². The molecule has 2 aromatic rings. The van der Waals surface area contributed by atoms with E-state index in [9.17, 15) is 9.59 Å². The zero-order valence-electron chi connectivity index (χ0n) is 11.6. The Hall–Kier alpha value is -2.62. The molecular formula is C17H16N2O2. The van der Waals surface area contributed by atoms with Crippen LogP contribution in [0.1, 0.15) is 6.42 Å². The maximum absolute atomic E-state index is 12.3. The number of benzene rings is 2. The fourth-order valence-electron chi connectivity index (χ4n) is 2.52. The van der Waals surface area contributed by atoms with Crippen LogP contribution in [0, 0.1) is 0 Å². The summed E-state index contributed by atoms with van der Waals surface area (Å²) in [5, 5.41) is 2.62. The summed E-state index contributed by atoms with van der Waals surface area (Å²) in [6.07, 6.45) is 0.328. The van der Waals surface area contributed by atoms with Gasteiger partial charge in [-0.1, -0.05) is 48.5 Å². The predicted octanol–water partition coefficient (Wildman–Crippen LogP) is 2.21. The highest BCUT2D eigenvalue weighted by molar-refractivity contribution is 6.01. The molecule has 2 aromatic carbocycles. The zero-order chi connectivity index (χ0) is 14.7. The second-order valence-corrected chi connectivity index (χ2v) is 4.96. The van der Waals surface area contributed by atoms with Crippen LogP contribution in [0.5, 0.6) is 0 Å². The Morgan fingerprint density at radius 1 is 0.905 bits per heavy atom. The molecule has 1 N–H and O–H groups in total. The van der Waals surface area contributed by atoms with E-state index in [-0.39, 0.29) is 18.4 Å². The first-order chi connectivity index (χ1) is 10.3. The Morgan fingerprint density at radius 2 is 1.62 bits per heavy atom. The van der Waals surface area contributed by atoms with Crippen LogP contribution in [-0.4, -0.2) is 24.9 Å². The lowest BCUT2D eigenvalue weighted by Crippen LogP contribution is -2.35. The molecule has 0 spiro atoms. The van der Waals surface area contributed by atoms with Gasteiger partial charge in [0.25, 0.3) is 0 Å². The molecule has 1 heterocycles. The van der Waals surface area contributed by atoms with Crippen LogP contribution in [0.25, 0.3) is 11.1 Å². The van der Waals surface area contributed by atoms with Crippen LogP contribution in [0.2, 0.25) is 0 Å². The monoisotopic (exact) mass is 280 g/mol. The lowest BCUT2D eigenvalue weighted by atomic mass is 10.0. The third kappa shape index (κ3) is 2.79. The molecule has 4 heteroatoms. The topological polar surface area (TPSA) is 49.4 Å². The van der Waals surface area contributed by atoms with Crippen molar-refractivity contribution in [2.75, 3.05) is 18.0 Å². The molecule has 2 amide bonds. The van der Waals surface area contributed by atoms with Gasteiger partial charge in [0.2, 0.25) is 11.8 Å². The van der Waals surface area contributed by atoms with Crippen molar-refractivity contribution < 1.29 is 9.59 Å². The predicted molar refractivity (Wildman–Crippen MR) is 81.9 cm³/mol. The fraction of sp³-hybridized carbons (Fsp3) is 0.176. The van der Waals surface area contributed by atoms with Gasteiger partial charge in [-0.3, -0.25) is 9.59 Å². The molecule has 106 valence electrons. The van der Waals surface area contributed by atoms with Crippen LogP contribution < -0.4 is 10.2 Å². The molecule has 1 fully saturated rings. The number of hydrogen-bond donors (Lipinski definition) is 1. The Morgan fingerprint density at radius 3 is 2.43 bits per heavy atom. The van der Waals surface area contributed by atoms with Gasteiger partial charge in [-0.25, -0.2) is 0 Å². The first-order valence-corrected chi connectivity index (χ1v) is 6.97.